The van der Waals surface area contributed by atoms with E-state index in [2.05, 4.69) is 10.1 Å². The normalized spacial score (nSPS) is 14.3. The van der Waals surface area contributed by atoms with E-state index in [1.807, 2.05) is 0 Å². The van der Waals surface area contributed by atoms with Crippen LogP contribution in [0.15, 0.2) is 24.3 Å². The zero-order chi connectivity index (χ0) is 14.4. The van der Waals surface area contributed by atoms with Gasteiger partial charge in [0, 0.05) is 12.1 Å². The maximum Gasteiger partial charge on any atom is 0.387 e. The zero-order valence-electron chi connectivity index (χ0n) is 11.0. The summed E-state index contributed by atoms with van der Waals surface area (Å²) in [6.45, 7) is -2.14. The molecule has 1 N–H and O–H groups in total. The van der Waals surface area contributed by atoms with E-state index >= 15 is 0 Å². The number of hydrogen-bond acceptors (Lipinski definition) is 3. The highest BCUT2D eigenvalue weighted by atomic mass is 19.3. The van der Waals surface area contributed by atoms with Crippen LogP contribution in [0.3, 0.4) is 0 Å². The first-order valence-electron chi connectivity index (χ1n) is 6.52. The minimum atomic E-state index is -2.88. The standard InChI is InChI=1S/C14H17F2NO3/c15-14(16)20-12-4-2-1-3-11(12)7-17-13(18)9-19-8-10-5-6-10/h1-4,10,14H,5-9H2,(H,17,18). The van der Waals surface area contributed by atoms with E-state index in [9.17, 15) is 13.6 Å². The number of alkyl halides is 2. The van der Waals surface area contributed by atoms with Gasteiger partial charge < -0.3 is 14.8 Å². The Balaban J connectivity index is 1.75. The van der Waals surface area contributed by atoms with Gasteiger partial charge in [-0.25, -0.2) is 0 Å². The summed E-state index contributed by atoms with van der Waals surface area (Å²) < 4.78 is 34.1. The number of nitrogens with one attached hydrogen (secondary N) is 1. The van der Waals surface area contributed by atoms with Crippen LogP contribution in [0.2, 0.25) is 0 Å². The number of hydrogen-bond donors (Lipinski definition) is 1. The van der Waals surface area contributed by atoms with Gasteiger partial charge >= 0.3 is 6.61 Å². The largest absolute Gasteiger partial charge is 0.434 e. The van der Waals surface area contributed by atoms with Gasteiger partial charge in [0.1, 0.15) is 12.4 Å². The molecule has 0 saturated heterocycles. The van der Waals surface area contributed by atoms with Gasteiger partial charge in [0.2, 0.25) is 5.91 Å². The summed E-state index contributed by atoms with van der Waals surface area (Å²) in [7, 11) is 0. The van der Waals surface area contributed by atoms with E-state index in [-0.39, 0.29) is 24.8 Å². The highest BCUT2D eigenvalue weighted by molar-refractivity contribution is 5.77. The molecule has 0 radical (unpaired) electrons. The Kier molecular flexibility index (Phi) is 5.29. The molecular formula is C14H17F2NO3. The molecule has 1 aromatic carbocycles. The number of carbonyl (C=O) groups is 1. The predicted molar refractivity (Wildman–Crippen MR) is 68.5 cm³/mol. The fourth-order valence-electron chi connectivity index (χ4n) is 1.71. The fraction of sp³-hybridized carbons (Fsp3) is 0.500. The molecule has 20 heavy (non-hydrogen) atoms. The Morgan fingerprint density at radius 3 is 2.80 bits per heavy atom. The molecule has 0 heterocycles. The van der Waals surface area contributed by atoms with Crippen LogP contribution in [-0.2, 0) is 16.1 Å². The molecule has 1 aliphatic rings. The first-order valence-corrected chi connectivity index (χ1v) is 6.52. The second kappa shape index (κ2) is 7.19. The van der Waals surface area contributed by atoms with Crippen molar-refractivity contribution in [1.29, 1.82) is 0 Å². The molecule has 2 rings (SSSR count). The molecule has 1 saturated carbocycles. The number of halogens is 2. The number of ether oxygens (including phenoxy) is 2. The lowest BCUT2D eigenvalue weighted by Crippen LogP contribution is -2.27. The molecular weight excluding hydrogens is 268 g/mol. The number of benzene rings is 1. The summed E-state index contributed by atoms with van der Waals surface area (Å²) in [6, 6.07) is 6.37. The van der Waals surface area contributed by atoms with E-state index in [1.165, 1.54) is 18.9 Å². The third kappa shape index (κ3) is 5.13. The molecule has 0 spiro atoms. The van der Waals surface area contributed by atoms with Crippen LogP contribution < -0.4 is 10.1 Å². The molecule has 110 valence electrons. The quantitative estimate of drug-likeness (QED) is 0.797. The van der Waals surface area contributed by atoms with Crippen molar-refractivity contribution in [2.75, 3.05) is 13.2 Å². The number of rotatable bonds is 8. The summed E-state index contributed by atoms with van der Waals surface area (Å²) in [6.07, 6.45) is 2.33. The molecule has 0 bridgehead atoms. The second-order valence-electron chi connectivity index (χ2n) is 4.72. The number of para-hydroxylation sites is 1. The molecule has 6 heteroatoms. The minimum Gasteiger partial charge on any atom is -0.434 e. The summed E-state index contributed by atoms with van der Waals surface area (Å²) in [5, 5.41) is 2.62. The van der Waals surface area contributed by atoms with Gasteiger partial charge in [0.15, 0.2) is 0 Å². The zero-order valence-corrected chi connectivity index (χ0v) is 11.0. The lowest BCUT2D eigenvalue weighted by Gasteiger charge is -2.11. The van der Waals surface area contributed by atoms with Crippen LogP contribution in [0.4, 0.5) is 8.78 Å². The van der Waals surface area contributed by atoms with Crippen molar-refractivity contribution >= 4 is 5.91 Å². The van der Waals surface area contributed by atoms with Gasteiger partial charge in [-0.1, -0.05) is 18.2 Å². The summed E-state index contributed by atoms with van der Waals surface area (Å²) in [5.74, 6) is 0.405. The highest BCUT2D eigenvalue weighted by Crippen LogP contribution is 2.28. The summed E-state index contributed by atoms with van der Waals surface area (Å²) >= 11 is 0. The van der Waals surface area contributed by atoms with E-state index < -0.39 is 6.61 Å². The van der Waals surface area contributed by atoms with Crippen molar-refractivity contribution in [1.82, 2.24) is 5.32 Å². The molecule has 0 atom stereocenters. The molecule has 1 aliphatic carbocycles. The van der Waals surface area contributed by atoms with Crippen LogP contribution in [0.5, 0.6) is 5.75 Å². The third-order valence-corrected chi connectivity index (χ3v) is 2.95. The van der Waals surface area contributed by atoms with Gasteiger partial charge in [-0.3, -0.25) is 4.79 Å². The van der Waals surface area contributed by atoms with Gasteiger partial charge in [0.05, 0.1) is 6.61 Å². The van der Waals surface area contributed by atoms with E-state index in [1.54, 1.807) is 18.2 Å². The van der Waals surface area contributed by atoms with Crippen LogP contribution in [0, 0.1) is 5.92 Å². The van der Waals surface area contributed by atoms with Gasteiger partial charge in [-0.2, -0.15) is 8.78 Å². The van der Waals surface area contributed by atoms with Gasteiger partial charge in [-0.15, -0.1) is 0 Å². The lowest BCUT2D eigenvalue weighted by molar-refractivity contribution is -0.126. The summed E-state index contributed by atoms with van der Waals surface area (Å²) in [4.78, 5) is 11.5. The fourth-order valence-corrected chi connectivity index (χ4v) is 1.71. The maximum atomic E-state index is 12.2. The van der Waals surface area contributed by atoms with Gasteiger partial charge in [-0.05, 0) is 24.8 Å². The van der Waals surface area contributed by atoms with Crippen molar-refractivity contribution in [3.63, 3.8) is 0 Å². The molecule has 0 aliphatic heterocycles. The number of carbonyl (C=O) groups excluding carboxylic acids is 1. The molecule has 1 fully saturated rings. The van der Waals surface area contributed by atoms with Crippen molar-refractivity contribution in [3.8, 4) is 5.75 Å². The molecule has 4 nitrogen and oxygen atoms in total. The topological polar surface area (TPSA) is 47.6 Å². The third-order valence-electron chi connectivity index (χ3n) is 2.95. The average molecular weight is 285 g/mol. The van der Waals surface area contributed by atoms with Crippen LogP contribution in [0.25, 0.3) is 0 Å². The molecule has 0 aromatic heterocycles. The molecule has 0 unspecified atom stereocenters. The lowest BCUT2D eigenvalue weighted by atomic mass is 10.2. The minimum absolute atomic E-state index is 0.00558. The van der Waals surface area contributed by atoms with Crippen LogP contribution in [-0.4, -0.2) is 25.7 Å². The molecule has 1 aromatic rings. The van der Waals surface area contributed by atoms with Crippen molar-refractivity contribution in [3.05, 3.63) is 29.8 Å². The van der Waals surface area contributed by atoms with Crippen LogP contribution in [0.1, 0.15) is 18.4 Å². The molecule has 1 amide bonds. The Labute approximate surface area is 116 Å². The average Bonchev–Trinajstić information content (AvgIpc) is 3.21. The van der Waals surface area contributed by atoms with Gasteiger partial charge in [0.25, 0.3) is 0 Å². The van der Waals surface area contributed by atoms with E-state index in [4.69, 9.17) is 4.74 Å². The maximum absolute atomic E-state index is 12.2. The van der Waals surface area contributed by atoms with E-state index in [0.717, 1.165) is 0 Å². The van der Waals surface area contributed by atoms with Crippen molar-refractivity contribution < 1.29 is 23.0 Å². The summed E-state index contributed by atoms with van der Waals surface area (Å²) in [5.41, 5.74) is 0.503. The van der Waals surface area contributed by atoms with Crippen molar-refractivity contribution in [2.24, 2.45) is 5.92 Å². The Bertz CT molecular complexity index is 450. The first-order chi connectivity index (χ1) is 9.65. The SMILES string of the molecule is O=C(COCC1CC1)NCc1ccccc1OC(F)F. The predicted octanol–water partition coefficient (Wildman–Crippen LogP) is 2.33. The van der Waals surface area contributed by atoms with Crippen molar-refractivity contribution in [2.45, 2.75) is 26.0 Å². The van der Waals surface area contributed by atoms with Crippen LogP contribution >= 0.6 is 0 Å². The Hall–Kier alpha value is -1.69. The monoisotopic (exact) mass is 285 g/mol. The Morgan fingerprint density at radius 2 is 2.10 bits per heavy atom. The highest BCUT2D eigenvalue weighted by Gasteiger charge is 2.21. The number of amides is 1. The second-order valence-corrected chi connectivity index (χ2v) is 4.72. The Morgan fingerprint density at radius 1 is 1.35 bits per heavy atom. The first kappa shape index (κ1) is 14.7. The van der Waals surface area contributed by atoms with E-state index in [0.29, 0.717) is 18.1 Å². The smallest absolute Gasteiger partial charge is 0.387 e.